The highest BCUT2D eigenvalue weighted by Gasteiger charge is 2.54. The minimum absolute atomic E-state index is 0.0339. The van der Waals surface area contributed by atoms with Gasteiger partial charge in [0, 0.05) is 31.1 Å². The maximum absolute atomic E-state index is 14.6. The molecule has 2 aliphatic rings. The van der Waals surface area contributed by atoms with Crippen molar-refractivity contribution in [2.24, 2.45) is 4.99 Å². The zero-order valence-electron chi connectivity index (χ0n) is 26.4. The zero-order valence-corrected chi connectivity index (χ0v) is 26.4. The van der Waals surface area contributed by atoms with Gasteiger partial charge in [-0.15, -0.1) is 0 Å². The van der Waals surface area contributed by atoms with Crippen LogP contribution in [0.4, 0.5) is 0 Å². The number of benzene rings is 3. The molecular formula is C36H42N2O7. The number of aliphatic imine (C=N–C) groups is 1. The summed E-state index contributed by atoms with van der Waals surface area (Å²) in [6, 6.07) is 22.7. The van der Waals surface area contributed by atoms with Gasteiger partial charge in [0.1, 0.15) is 17.1 Å². The molecule has 2 N–H and O–H groups in total. The first-order chi connectivity index (χ1) is 21.6. The van der Waals surface area contributed by atoms with Gasteiger partial charge < -0.3 is 29.4 Å². The summed E-state index contributed by atoms with van der Waals surface area (Å²) in [6.07, 6.45) is 1.15. The number of hydrogen-bond acceptors (Lipinski definition) is 8. The summed E-state index contributed by atoms with van der Waals surface area (Å²) >= 11 is 0. The highest BCUT2D eigenvalue weighted by molar-refractivity contribution is 6.01. The average molecular weight is 615 g/mol. The number of aliphatic hydroxyl groups is 1. The summed E-state index contributed by atoms with van der Waals surface area (Å²) in [7, 11) is 1.58. The van der Waals surface area contributed by atoms with Crippen molar-refractivity contribution in [2.75, 3.05) is 20.3 Å². The van der Waals surface area contributed by atoms with E-state index in [-0.39, 0.29) is 31.4 Å². The topological polar surface area (TPSA) is 116 Å². The highest BCUT2D eigenvalue weighted by Crippen LogP contribution is 2.44. The van der Waals surface area contributed by atoms with E-state index >= 15 is 0 Å². The molecule has 0 spiro atoms. The second-order valence-electron chi connectivity index (χ2n) is 12.5. The molecule has 238 valence electrons. The van der Waals surface area contributed by atoms with Gasteiger partial charge in [0.25, 0.3) is 5.91 Å². The molecule has 5 rings (SSSR count). The van der Waals surface area contributed by atoms with Crippen molar-refractivity contribution in [2.45, 2.75) is 76.2 Å². The number of carbonyl (C=O) groups is 2. The van der Waals surface area contributed by atoms with E-state index in [1.54, 1.807) is 19.2 Å². The van der Waals surface area contributed by atoms with Crippen molar-refractivity contribution in [3.05, 3.63) is 95.1 Å². The SMILES string of the molecule is COc1cccc([C@H]2OC(c3ccc(OCCCO)cc3)=N[C@@]2(CCC(=O)OC(C)(C)C)C(=O)NC2Cc3ccccc3C2)c1. The van der Waals surface area contributed by atoms with Gasteiger partial charge in [0.15, 0.2) is 11.6 Å². The number of amides is 1. The van der Waals surface area contributed by atoms with Crippen LogP contribution in [0, 0.1) is 0 Å². The molecule has 3 aromatic carbocycles. The van der Waals surface area contributed by atoms with Gasteiger partial charge in [-0.2, -0.15) is 0 Å². The molecule has 1 aliphatic heterocycles. The molecule has 2 atom stereocenters. The monoisotopic (exact) mass is 614 g/mol. The Bertz CT molecular complexity index is 1500. The Balaban J connectivity index is 1.51. The van der Waals surface area contributed by atoms with Crippen molar-refractivity contribution < 1.29 is 33.6 Å². The Hall–Kier alpha value is -4.37. The van der Waals surface area contributed by atoms with Crippen LogP contribution in [0.25, 0.3) is 0 Å². The number of nitrogens with zero attached hydrogens (tertiary/aromatic N) is 1. The molecule has 9 heteroatoms. The first-order valence-corrected chi connectivity index (χ1v) is 15.4. The second kappa shape index (κ2) is 13.7. The van der Waals surface area contributed by atoms with E-state index in [4.69, 9.17) is 29.0 Å². The largest absolute Gasteiger partial charge is 0.497 e. The van der Waals surface area contributed by atoms with Crippen LogP contribution >= 0.6 is 0 Å². The highest BCUT2D eigenvalue weighted by atomic mass is 16.6. The lowest BCUT2D eigenvalue weighted by molar-refractivity contribution is -0.155. The van der Waals surface area contributed by atoms with Crippen LogP contribution in [0.5, 0.6) is 11.5 Å². The summed E-state index contributed by atoms with van der Waals surface area (Å²) in [5.41, 5.74) is 1.65. The van der Waals surface area contributed by atoms with E-state index in [0.29, 0.717) is 54.4 Å². The van der Waals surface area contributed by atoms with Crippen LogP contribution in [0.3, 0.4) is 0 Å². The van der Waals surface area contributed by atoms with Gasteiger partial charge in [-0.3, -0.25) is 9.59 Å². The van der Waals surface area contributed by atoms with Crippen molar-refractivity contribution in [1.82, 2.24) is 5.32 Å². The van der Waals surface area contributed by atoms with E-state index in [1.165, 1.54) is 11.1 Å². The number of aliphatic hydroxyl groups excluding tert-OH is 1. The molecule has 45 heavy (non-hydrogen) atoms. The fourth-order valence-corrected chi connectivity index (χ4v) is 5.83. The molecule has 0 saturated heterocycles. The molecule has 0 fully saturated rings. The Labute approximate surface area is 264 Å². The number of methoxy groups -OCH3 is 1. The second-order valence-corrected chi connectivity index (χ2v) is 12.5. The number of ether oxygens (including phenoxy) is 4. The molecule has 0 radical (unpaired) electrons. The summed E-state index contributed by atoms with van der Waals surface area (Å²) in [5.74, 6) is 0.821. The summed E-state index contributed by atoms with van der Waals surface area (Å²) in [4.78, 5) is 32.6. The van der Waals surface area contributed by atoms with E-state index < -0.39 is 23.2 Å². The molecule has 1 aliphatic carbocycles. The normalized spacial score (nSPS) is 19.3. The van der Waals surface area contributed by atoms with E-state index in [0.717, 1.165) is 0 Å². The predicted molar refractivity (Wildman–Crippen MR) is 171 cm³/mol. The number of esters is 1. The smallest absolute Gasteiger partial charge is 0.306 e. The maximum atomic E-state index is 14.6. The Morgan fingerprint density at radius 1 is 1.00 bits per heavy atom. The van der Waals surface area contributed by atoms with E-state index in [1.807, 2.05) is 69.3 Å². The van der Waals surface area contributed by atoms with Crippen LogP contribution in [-0.2, 0) is 31.9 Å². The maximum Gasteiger partial charge on any atom is 0.306 e. The Morgan fingerprint density at radius 2 is 1.71 bits per heavy atom. The molecule has 1 heterocycles. The average Bonchev–Trinajstić information content (AvgIpc) is 3.62. The van der Waals surface area contributed by atoms with Crippen LogP contribution in [0.15, 0.2) is 77.8 Å². The van der Waals surface area contributed by atoms with Gasteiger partial charge in [-0.25, -0.2) is 4.99 Å². The van der Waals surface area contributed by atoms with Gasteiger partial charge in [-0.05, 0) is 93.1 Å². The Morgan fingerprint density at radius 3 is 2.36 bits per heavy atom. The van der Waals surface area contributed by atoms with Gasteiger partial charge in [-0.1, -0.05) is 36.4 Å². The number of rotatable bonds is 12. The van der Waals surface area contributed by atoms with Crippen molar-refractivity contribution in [1.29, 1.82) is 0 Å². The van der Waals surface area contributed by atoms with E-state index in [2.05, 4.69) is 17.4 Å². The number of carbonyl (C=O) groups excluding carboxylic acids is 2. The first-order valence-electron chi connectivity index (χ1n) is 15.4. The van der Waals surface area contributed by atoms with Crippen LogP contribution in [0.2, 0.25) is 0 Å². The van der Waals surface area contributed by atoms with Crippen LogP contribution < -0.4 is 14.8 Å². The minimum atomic E-state index is -1.47. The third-order valence-electron chi connectivity index (χ3n) is 7.94. The molecular weight excluding hydrogens is 572 g/mol. The quantitative estimate of drug-likeness (QED) is 0.215. The predicted octanol–water partition coefficient (Wildman–Crippen LogP) is 5.12. The third kappa shape index (κ3) is 7.65. The number of hydrogen-bond donors (Lipinski definition) is 2. The summed E-state index contributed by atoms with van der Waals surface area (Å²) < 4.78 is 23.4. The zero-order chi connectivity index (χ0) is 32.0. The van der Waals surface area contributed by atoms with Crippen molar-refractivity contribution >= 4 is 17.8 Å². The molecule has 0 saturated carbocycles. The lowest BCUT2D eigenvalue weighted by atomic mass is 9.83. The Kier molecular flexibility index (Phi) is 9.77. The van der Waals surface area contributed by atoms with Gasteiger partial charge in [0.2, 0.25) is 5.90 Å². The fraction of sp³-hybridized carbons (Fsp3) is 0.417. The molecule has 0 aromatic heterocycles. The summed E-state index contributed by atoms with van der Waals surface area (Å²) in [5, 5.41) is 12.3. The molecule has 0 bridgehead atoms. The molecule has 1 amide bonds. The van der Waals surface area contributed by atoms with Crippen molar-refractivity contribution in [3.8, 4) is 11.5 Å². The number of fused-ring (bicyclic) bond motifs is 1. The summed E-state index contributed by atoms with van der Waals surface area (Å²) in [6.45, 7) is 5.89. The van der Waals surface area contributed by atoms with Gasteiger partial charge in [0.05, 0.1) is 13.7 Å². The van der Waals surface area contributed by atoms with Crippen molar-refractivity contribution in [3.63, 3.8) is 0 Å². The molecule has 9 nitrogen and oxygen atoms in total. The minimum Gasteiger partial charge on any atom is -0.497 e. The molecule has 0 unspecified atom stereocenters. The fourth-order valence-electron chi connectivity index (χ4n) is 5.83. The molecule has 3 aromatic rings. The van der Waals surface area contributed by atoms with Gasteiger partial charge >= 0.3 is 5.97 Å². The van der Waals surface area contributed by atoms with Crippen LogP contribution in [0.1, 0.15) is 68.4 Å². The standard InChI is InChI=1S/C36H42N2O7/c1-35(2,3)45-31(40)17-18-36(34(41)37-28-21-25-9-5-6-10-26(25)22-28)32(27-11-7-12-30(23-27)42-4)44-33(38-36)24-13-15-29(16-14-24)43-20-8-19-39/h5-7,9-16,23,28,32,39H,8,17-22H2,1-4H3,(H,37,41)/t32-,36-/m1/s1. The number of nitrogens with one attached hydrogen (secondary N) is 1. The van der Waals surface area contributed by atoms with Crippen LogP contribution in [-0.4, -0.2) is 60.4 Å². The lowest BCUT2D eigenvalue weighted by Gasteiger charge is -2.32. The lowest BCUT2D eigenvalue weighted by Crippen LogP contribution is -2.52. The first kappa shape index (κ1) is 32.0. The third-order valence-corrected chi connectivity index (χ3v) is 7.94. The van der Waals surface area contributed by atoms with E-state index in [9.17, 15) is 9.59 Å².